The van der Waals surface area contributed by atoms with Crippen LogP contribution in [0.15, 0.2) is 53.3 Å². The van der Waals surface area contributed by atoms with Crippen LogP contribution in [0.4, 0.5) is 0 Å². The minimum atomic E-state index is -0.0815. The van der Waals surface area contributed by atoms with Gasteiger partial charge in [-0.1, -0.05) is 30.3 Å². The highest BCUT2D eigenvalue weighted by molar-refractivity contribution is 5.77. The van der Waals surface area contributed by atoms with Gasteiger partial charge in [0.05, 0.1) is 16.7 Å². The minimum absolute atomic E-state index is 0.0815. The van der Waals surface area contributed by atoms with Gasteiger partial charge in [-0.2, -0.15) is 0 Å². The van der Waals surface area contributed by atoms with Crippen molar-refractivity contribution in [2.24, 2.45) is 0 Å². The minimum Gasteiger partial charge on any atom is -0.305 e. The average molecular weight is 322 g/mol. The van der Waals surface area contributed by atoms with Gasteiger partial charge in [-0.05, 0) is 30.8 Å². The fourth-order valence-electron chi connectivity index (χ4n) is 3.40. The molecule has 1 aliphatic heterocycles. The van der Waals surface area contributed by atoms with Gasteiger partial charge >= 0.3 is 5.69 Å². The lowest BCUT2D eigenvalue weighted by Crippen LogP contribution is -2.44. The van der Waals surface area contributed by atoms with Crippen molar-refractivity contribution < 1.29 is 0 Å². The molecule has 0 atom stereocenters. The van der Waals surface area contributed by atoms with Gasteiger partial charge in [0, 0.05) is 32.7 Å². The lowest BCUT2D eigenvalue weighted by Gasteiger charge is -2.32. The Morgan fingerprint density at radius 2 is 1.67 bits per heavy atom. The third-order valence-electron chi connectivity index (χ3n) is 4.81. The number of aromatic amines is 1. The fraction of sp³-hybridized carbons (Fsp3) is 0.316. The molecule has 0 radical (unpaired) electrons. The molecule has 4 rings (SSSR count). The first-order valence-electron chi connectivity index (χ1n) is 8.41. The van der Waals surface area contributed by atoms with Crippen LogP contribution < -0.4 is 5.69 Å². The number of fused-ring (bicyclic) bond motifs is 1. The molecule has 0 unspecified atom stereocenters. The van der Waals surface area contributed by atoms with Gasteiger partial charge in [-0.15, -0.1) is 0 Å². The summed E-state index contributed by atoms with van der Waals surface area (Å²) in [7, 11) is 2.16. The quantitative estimate of drug-likeness (QED) is 0.803. The topological polar surface area (TPSA) is 44.3 Å². The van der Waals surface area contributed by atoms with Crippen molar-refractivity contribution in [3.8, 4) is 5.69 Å². The summed E-state index contributed by atoms with van der Waals surface area (Å²) in [5, 5.41) is 0. The molecule has 0 amide bonds. The zero-order valence-electron chi connectivity index (χ0n) is 13.9. The highest BCUT2D eigenvalue weighted by atomic mass is 16.1. The first-order valence-corrected chi connectivity index (χ1v) is 8.41. The summed E-state index contributed by atoms with van der Waals surface area (Å²) in [5.41, 5.74) is 3.88. The molecule has 1 N–H and O–H groups in total. The molecule has 3 aromatic rings. The summed E-state index contributed by atoms with van der Waals surface area (Å²) in [4.78, 5) is 20.3. The molecule has 124 valence electrons. The molecule has 0 bridgehead atoms. The van der Waals surface area contributed by atoms with E-state index >= 15 is 0 Å². The first-order chi connectivity index (χ1) is 11.7. The van der Waals surface area contributed by atoms with Gasteiger partial charge in [0.15, 0.2) is 0 Å². The zero-order valence-corrected chi connectivity index (χ0v) is 13.9. The van der Waals surface area contributed by atoms with Crippen LogP contribution in [-0.2, 0) is 6.54 Å². The standard InChI is InChI=1S/C19H22N4O/c1-21-10-12-22(13-11-21)14-15-6-2-4-8-17(15)23-18-9-5-3-7-16(18)20-19(23)24/h2-9H,10-14H2,1H3,(H,20,24). The second kappa shape index (κ2) is 6.26. The summed E-state index contributed by atoms with van der Waals surface area (Å²) in [5.74, 6) is 0. The summed E-state index contributed by atoms with van der Waals surface area (Å²) in [6, 6.07) is 16.0. The molecular formula is C19H22N4O. The van der Waals surface area contributed by atoms with Crippen LogP contribution >= 0.6 is 0 Å². The molecule has 5 nitrogen and oxygen atoms in total. The summed E-state index contributed by atoms with van der Waals surface area (Å²) in [6.45, 7) is 5.18. The number of piperazine rings is 1. The number of hydrogen-bond donors (Lipinski definition) is 1. The van der Waals surface area contributed by atoms with Crippen molar-refractivity contribution in [1.29, 1.82) is 0 Å². The molecule has 0 aliphatic carbocycles. The molecule has 0 saturated carbocycles. The van der Waals surface area contributed by atoms with E-state index in [0.717, 1.165) is 49.4 Å². The Balaban J connectivity index is 1.73. The average Bonchev–Trinajstić information content (AvgIpc) is 2.93. The van der Waals surface area contributed by atoms with Crippen LogP contribution in [0.3, 0.4) is 0 Å². The monoisotopic (exact) mass is 322 g/mol. The van der Waals surface area contributed by atoms with Gasteiger partial charge < -0.3 is 9.88 Å². The van der Waals surface area contributed by atoms with Crippen molar-refractivity contribution in [2.45, 2.75) is 6.54 Å². The van der Waals surface area contributed by atoms with E-state index in [-0.39, 0.29) is 5.69 Å². The van der Waals surface area contributed by atoms with Crippen molar-refractivity contribution in [3.63, 3.8) is 0 Å². The molecule has 0 spiro atoms. The molecule has 1 aliphatic rings. The van der Waals surface area contributed by atoms with Crippen LogP contribution in [0, 0.1) is 0 Å². The Hall–Kier alpha value is -2.37. The van der Waals surface area contributed by atoms with E-state index in [2.05, 4.69) is 34.0 Å². The predicted molar refractivity (Wildman–Crippen MR) is 96.7 cm³/mol. The molecule has 1 fully saturated rings. The smallest absolute Gasteiger partial charge is 0.305 e. The van der Waals surface area contributed by atoms with Crippen LogP contribution in [0.25, 0.3) is 16.7 Å². The molecular weight excluding hydrogens is 300 g/mol. The maximum Gasteiger partial charge on any atom is 0.331 e. The highest BCUT2D eigenvalue weighted by Gasteiger charge is 2.17. The number of hydrogen-bond acceptors (Lipinski definition) is 3. The van der Waals surface area contributed by atoms with Gasteiger partial charge in [0.1, 0.15) is 0 Å². The van der Waals surface area contributed by atoms with E-state index in [1.807, 2.05) is 36.4 Å². The normalized spacial score (nSPS) is 16.7. The summed E-state index contributed by atoms with van der Waals surface area (Å²) in [6.07, 6.45) is 0. The van der Waals surface area contributed by atoms with E-state index in [1.54, 1.807) is 4.57 Å². The van der Waals surface area contributed by atoms with Gasteiger partial charge in [-0.25, -0.2) is 4.79 Å². The Labute approximate surface area is 141 Å². The summed E-state index contributed by atoms with van der Waals surface area (Å²) >= 11 is 0. The first kappa shape index (κ1) is 15.2. The maximum atomic E-state index is 12.5. The van der Waals surface area contributed by atoms with Crippen molar-refractivity contribution in [3.05, 3.63) is 64.6 Å². The Morgan fingerprint density at radius 3 is 2.50 bits per heavy atom. The largest absolute Gasteiger partial charge is 0.331 e. The van der Waals surface area contributed by atoms with Gasteiger partial charge in [0.2, 0.25) is 0 Å². The summed E-state index contributed by atoms with van der Waals surface area (Å²) < 4.78 is 1.79. The number of likely N-dealkylation sites (N-methyl/N-ethyl adjacent to an activating group) is 1. The number of nitrogens with zero attached hydrogens (tertiary/aromatic N) is 3. The fourth-order valence-corrected chi connectivity index (χ4v) is 3.40. The number of aromatic nitrogens is 2. The second-order valence-electron chi connectivity index (χ2n) is 6.49. The SMILES string of the molecule is CN1CCN(Cc2ccccc2-n2c(=O)[nH]c3ccccc32)CC1. The van der Waals surface area contributed by atoms with Crippen LogP contribution in [0.5, 0.6) is 0 Å². The molecule has 24 heavy (non-hydrogen) atoms. The van der Waals surface area contributed by atoms with Crippen molar-refractivity contribution in [1.82, 2.24) is 19.4 Å². The van der Waals surface area contributed by atoms with Gasteiger partial charge in [-0.3, -0.25) is 9.47 Å². The molecule has 2 heterocycles. The number of rotatable bonds is 3. The highest BCUT2D eigenvalue weighted by Crippen LogP contribution is 2.20. The van der Waals surface area contributed by atoms with Crippen LogP contribution in [0.2, 0.25) is 0 Å². The van der Waals surface area contributed by atoms with E-state index in [9.17, 15) is 4.79 Å². The van der Waals surface area contributed by atoms with Crippen LogP contribution in [0.1, 0.15) is 5.56 Å². The van der Waals surface area contributed by atoms with Crippen LogP contribution in [-0.4, -0.2) is 52.6 Å². The number of H-pyrrole nitrogens is 1. The lowest BCUT2D eigenvalue weighted by atomic mass is 10.1. The Bertz CT molecular complexity index is 903. The number of para-hydroxylation sites is 3. The van der Waals surface area contributed by atoms with E-state index < -0.39 is 0 Å². The van der Waals surface area contributed by atoms with Crippen molar-refractivity contribution >= 4 is 11.0 Å². The molecule has 1 saturated heterocycles. The van der Waals surface area contributed by atoms with Crippen molar-refractivity contribution in [2.75, 3.05) is 33.2 Å². The van der Waals surface area contributed by atoms with E-state index in [4.69, 9.17) is 0 Å². The molecule has 2 aromatic carbocycles. The number of nitrogens with one attached hydrogen (secondary N) is 1. The zero-order chi connectivity index (χ0) is 16.5. The number of imidazole rings is 1. The lowest BCUT2D eigenvalue weighted by molar-refractivity contribution is 0.148. The Morgan fingerprint density at radius 1 is 0.958 bits per heavy atom. The molecule has 5 heteroatoms. The number of benzene rings is 2. The Kier molecular flexibility index (Phi) is 3.96. The predicted octanol–water partition coefficient (Wildman–Crippen LogP) is 2.07. The van der Waals surface area contributed by atoms with E-state index in [1.165, 1.54) is 5.56 Å². The third-order valence-corrected chi connectivity index (χ3v) is 4.81. The second-order valence-corrected chi connectivity index (χ2v) is 6.49. The maximum absolute atomic E-state index is 12.5. The molecule has 1 aromatic heterocycles. The van der Waals surface area contributed by atoms with Gasteiger partial charge in [0.25, 0.3) is 0 Å². The third kappa shape index (κ3) is 2.77. The van der Waals surface area contributed by atoms with E-state index in [0.29, 0.717) is 0 Å².